The Morgan fingerprint density at radius 1 is 1.00 bits per heavy atom. The molecule has 0 aliphatic heterocycles. The predicted molar refractivity (Wildman–Crippen MR) is 99.0 cm³/mol. The van der Waals surface area contributed by atoms with Gasteiger partial charge in [0.05, 0.1) is 12.8 Å². The van der Waals surface area contributed by atoms with E-state index < -0.39 is 0 Å². The minimum atomic E-state index is -0.385. The van der Waals surface area contributed by atoms with Crippen LogP contribution in [0.3, 0.4) is 0 Å². The Balaban J connectivity index is 2.01. The Morgan fingerprint density at radius 3 is 2.44 bits per heavy atom. The molecular weight excluding hydrogens is 320 g/mol. The molecule has 0 spiro atoms. The van der Waals surface area contributed by atoms with Crippen LogP contribution in [-0.2, 0) is 4.79 Å². The van der Waals surface area contributed by atoms with Crippen molar-refractivity contribution in [3.05, 3.63) is 48.5 Å². The van der Waals surface area contributed by atoms with Crippen molar-refractivity contribution in [3.63, 3.8) is 0 Å². The number of hydrogen-bond donors (Lipinski definition) is 4. The lowest BCUT2D eigenvalue weighted by Crippen LogP contribution is -2.20. The van der Waals surface area contributed by atoms with E-state index in [9.17, 15) is 9.59 Å². The summed E-state index contributed by atoms with van der Waals surface area (Å²) in [5, 5.41) is 8.21. The first-order valence-electron chi connectivity index (χ1n) is 7.93. The summed E-state index contributed by atoms with van der Waals surface area (Å²) in [5.41, 5.74) is 7.16. The monoisotopic (exact) mass is 342 g/mol. The van der Waals surface area contributed by atoms with Gasteiger partial charge in [0.15, 0.2) is 0 Å². The second-order valence-electron chi connectivity index (χ2n) is 5.30. The Morgan fingerprint density at radius 2 is 1.76 bits per heavy atom. The highest BCUT2D eigenvalue weighted by Gasteiger charge is 2.10. The van der Waals surface area contributed by atoms with Crippen molar-refractivity contribution in [1.82, 2.24) is 0 Å². The molecule has 132 valence electrons. The third kappa shape index (κ3) is 5.82. The summed E-state index contributed by atoms with van der Waals surface area (Å²) in [4.78, 5) is 23.8. The molecule has 2 rings (SSSR count). The highest BCUT2D eigenvalue weighted by atomic mass is 16.5. The third-order valence-corrected chi connectivity index (χ3v) is 3.37. The fourth-order valence-corrected chi connectivity index (χ4v) is 2.16. The highest BCUT2D eigenvalue weighted by Crippen LogP contribution is 2.28. The molecule has 0 atom stereocenters. The van der Waals surface area contributed by atoms with Crippen molar-refractivity contribution in [2.75, 3.05) is 29.6 Å². The standard InChI is InChI=1S/C18H22N4O3/c1-25-16-12-14(20-17(23)8-5-11-19)9-10-15(16)22-18(24)21-13-6-3-2-4-7-13/h2-4,6-7,9-10,12H,5,8,11,19H2,1H3,(H,20,23)(H2,21,22,24). The number of nitrogens with one attached hydrogen (secondary N) is 3. The SMILES string of the molecule is COc1cc(NC(=O)CCCN)ccc1NC(=O)Nc1ccccc1. The van der Waals surface area contributed by atoms with E-state index in [0.29, 0.717) is 42.2 Å². The van der Waals surface area contributed by atoms with E-state index in [4.69, 9.17) is 10.5 Å². The maximum atomic E-state index is 12.1. The van der Waals surface area contributed by atoms with Crippen LogP contribution in [0.25, 0.3) is 0 Å². The molecule has 0 aliphatic rings. The molecule has 0 heterocycles. The highest BCUT2D eigenvalue weighted by molar-refractivity contribution is 6.01. The minimum Gasteiger partial charge on any atom is -0.494 e. The summed E-state index contributed by atoms with van der Waals surface area (Å²) < 4.78 is 5.29. The second-order valence-corrected chi connectivity index (χ2v) is 5.30. The average Bonchev–Trinajstić information content (AvgIpc) is 2.62. The molecule has 7 nitrogen and oxygen atoms in total. The number of methoxy groups -OCH3 is 1. The molecule has 5 N–H and O–H groups in total. The van der Waals surface area contributed by atoms with Gasteiger partial charge in [0.1, 0.15) is 5.75 Å². The molecule has 0 saturated carbocycles. The lowest BCUT2D eigenvalue weighted by atomic mass is 10.2. The van der Waals surface area contributed by atoms with Crippen LogP contribution < -0.4 is 26.4 Å². The fraction of sp³-hybridized carbons (Fsp3) is 0.222. The van der Waals surface area contributed by atoms with Crippen molar-refractivity contribution >= 4 is 29.0 Å². The van der Waals surface area contributed by atoms with E-state index >= 15 is 0 Å². The zero-order valence-corrected chi connectivity index (χ0v) is 14.0. The Hall–Kier alpha value is -3.06. The van der Waals surface area contributed by atoms with Crippen molar-refractivity contribution in [2.45, 2.75) is 12.8 Å². The minimum absolute atomic E-state index is 0.116. The van der Waals surface area contributed by atoms with E-state index in [0.717, 1.165) is 0 Å². The molecule has 2 aromatic rings. The number of carbonyl (C=O) groups is 2. The number of rotatable bonds is 7. The molecule has 7 heteroatoms. The molecule has 25 heavy (non-hydrogen) atoms. The summed E-state index contributed by atoms with van der Waals surface area (Å²) in [7, 11) is 1.50. The van der Waals surface area contributed by atoms with Crippen LogP contribution in [0.1, 0.15) is 12.8 Å². The van der Waals surface area contributed by atoms with Crippen LogP contribution in [0.2, 0.25) is 0 Å². The molecule has 0 fully saturated rings. The van der Waals surface area contributed by atoms with Crippen LogP contribution in [0, 0.1) is 0 Å². The van der Waals surface area contributed by atoms with Crippen LogP contribution in [0.15, 0.2) is 48.5 Å². The van der Waals surface area contributed by atoms with Crippen molar-refractivity contribution < 1.29 is 14.3 Å². The summed E-state index contributed by atoms with van der Waals surface area (Å²) in [5.74, 6) is 0.329. The van der Waals surface area contributed by atoms with Crippen molar-refractivity contribution in [3.8, 4) is 5.75 Å². The molecule has 2 aromatic carbocycles. The van der Waals surface area contributed by atoms with E-state index in [1.807, 2.05) is 18.2 Å². The van der Waals surface area contributed by atoms with E-state index in [1.54, 1.807) is 30.3 Å². The first-order chi connectivity index (χ1) is 12.1. The van der Waals surface area contributed by atoms with Crippen molar-refractivity contribution in [1.29, 1.82) is 0 Å². The number of carbonyl (C=O) groups excluding carboxylic acids is 2. The topological polar surface area (TPSA) is 105 Å². The van der Waals surface area contributed by atoms with Crippen LogP contribution >= 0.6 is 0 Å². The molecule has 0 saturated heterocycles. The summed E-state index contributed by atoms with van der Waals surface area (Å²) in [6.45, 7) is 0.468. The van der Waals surface area contributed by atoms with Gasteiger partial charge in [0.2, 0.25) is 5.91 Å². The quantitative estimate of drug-likeness (QED) is 0.620. The largest absolute Gasteiger partial charge is 0.494 e. The first-order valence-corrected chi connectivity index (χ1v) is 7.93. The predicted octanol–water partition coefficient (Wildman–Crippen LogP) is 3.02. The maximum Gasteiger partial charge on any atom is 0.323 e. The van der Waals surface area contributed by atoms with Gasteiger partial charge in [0, 0.05) is 23.9 Å². The van der Waals surface area contributed by atoms with Gasteiger partial charge >= 0.3 is 6.03 Å². The smallest absolute Gasteiger partial charge is 0.323 e. The second kappa shape index (κ2) is 9.29. The molecule has 0 aromatic heterocycles. The van der Waals surface area contributed by atoms with Gasteiger partial charge in [-0.3, -0.25) is 4.79 Å². The van der Waals surface area contributed by atoms with E-state index in [2.05, 4.69) is 16.0 Å². The van der Waals surface area contributed by atoms with Crippen LogP contribution in [0.4, 0.5) is 21.9 Å². The Bertz CT molecular complexity index is 720. The van der Waals surface area contributed by atoms with Gasteiger partial charge in [0.25, 0.3) is 0 Å². The van der Waals surface area contributed by atoms with Crippen molar-refractivity contribution in [2.24, 2.45) is 5.73 Å². The molecule has 0 aliphatic carbocycles. The zero-order chi connectivity index (χ0) is 18.1. The number of hydrogen-bond acceptors (Lipinski definition) is 4. The molecule has 3 amide bonds. The lowest BCUT2D eigenvalue weighted by Gasteiger charge is -2.13. The number of amides is 3. The van der Waals surface area contributed by atoms with E-state index in [-0.39, 0.29) is 11.9 Å². The Labute approximate surface area is 146 Å². The molecule has 0 unspecified atom stereocenters. The lowest BCUT2D eigenvalue weighted by molar-refractivity contribution is -0.116. The molecule has 0 radical (unpaired) electrons. The normalized spacial score (nSPS) is 10.0. The number of ether oxygens (including phenoxy) is 1. The number of nitrogens with two attached hydrogens (primary N) is 1. The number of anilines is 3. The van der Waals surface area contributed by atoms with Gasteiger partial charge in [-0.2, -0.15) is 0 Å². The van der Waals surface area contributed by atoms with Gasteiger partial charge in [-0.15, -0.1) is 0 Å². The zero-order valence-electron chi connectivity index (χ0n) is 14.0. The van der Waals surface area contributed by atoms with Gasteiger partial charge < -0.3 is 26.4 Å². The summed E-state index contributed by atoms with van der Waals surface area (Å²) in [6, 6.07) is 13.7. The summed E-state index contributed by atoms with van der Waals surface area (Å²) in [6.07, 6.45) is 0.987. The van der Waals surface area contributed by atoms with Gasteiger partial charge in [-0.1, -0.05) is 18.2 Å². The molecule has 0 bridgehead atoms. The average molecular weight is 342 g/mol. The van der Waals surface area contributed by atoms with Gasteiger partial charge in [-0.05, 0) is 37.2 Å². The number of para-hydroxylation sites is 1. The van der Waals surface area contributed by atoms with Crippen LogP contribution in [-0.4, -0.2) is 25.6 Å². The van der Waals surface area contributed by atoms with Crippen LogP contribution in [0.5, 0.6) is 5.75 Å². The first kappa shape index (κ1) is 18.3. The number of urea groups is 1. The summed E-state index contributed by atoms with van der Waals surface area (Å²) >= 11 is 0. The Kier molecular flexibility index (Phi) is 6.79. The molecular formula is C18H22N4O3. The number of benzene rings is 2. The fourth-order valence-electron chi connectivity index (χ4n) is 2.16. The maximum absolute atomic E-state index is 12.1. The third-order valence-electron chi connectivity index (χ3n) is 3.37. The van der Waals surface area contributed by atoms with Gasteiger partial charge in [-0.25, -0.2) is 4.79 Å². The van der Waals surface area contributed by atoms with E-state index in [1.165, 1.54) is 7.11 Å².